The number of esters is 10. The van der Waals surface area contributed by atoms with Crippen molar-refractivity contribution >= 4 is 81.3 Å². The molecule has 0 N–H and O–H groups in total. The molecule has 2 fully saturated rings. The van der Waals surface area contributed by atoms with Gasteiger partial charge in [0.25, 0.3) is 0 Å². The third kappa shape index (κ3) is 20.9. The molecular formula is C50H64O28S2. The topological polar surface area (TPSA) is 337 Å². The summed E-state index contributed by atoms with van der Waals surface area (Å²) in [5, 5.41) is 0. The molecule has 16 atom stereocenters. The Bertz CT molecular complexity index is 2380. The van der Waals surface area contributed by atoms with E-state index in [1.54, 1.807) is 12.2 Å². The molecule has 0 radical (unpaired) electrons. The Labute approximate surface area is 477 Å². The Morgan fingerprint density at radius 1 is 0.400 bits per heavy atom. The van der Waals surface area contributed by atoms with E-state index in [-0.39, 0.29) is 13.2 Å². The summed E-state index contributed by atoms with van der Waals surface area (Å²) in [6.07, 6.45) is -15.8. The maximum atomic E-state index is 12.7. The lowest BCUT2D eigenvalue weighted by atomic mass is 9.97. The first-order valence-corrected chi connectivity index (χ1v) is 25.7. The van der Waals surface area contributed by atoms with Crippen LogP contribution in [0.15, 0.2) is 46.3 Å². The lowest BCUT2D eigenvalue weighted by Gasteiger charge is -2.45. The number of ether oxygens (including phenoxy) is 18. The number of hydrogen-bond acceptors (Lipinski definition) is 30. The molecule has 0 aromatic heterocycles. The zero-order valence-corrected chi connectivity index (χ0v) is 44.5. The van der Waals surface area contributed by atoms with Crippen molar-refractivity contribution in [2.24, 2.45) is 0 Å². The van der Waals surface area contributed by atoms with Gasteiger partial charge in [-0.05, 0) is 24.3 Å². The Balaban J connectivity index is 1.30. The largest absolute Gasteiger partial charge is 0.463 e. The molecule has 0 amide bonds. The average molecular weight is 1190 g/mol. The van der Waals surface area contributed by atoms with Gasteiger partial charge in [-0.2, -0.15) is 0 Å². The van der Waals surface area contributed by atoms with E-state index in [2.05, 4.69) is 0 Å². The molecule has 28 nitrogen and oxygen atoms in total. The monoisotopic (exact) mass is 1180 g/mol. The Morgan fingerprint density at radius 2 is 0.713 bits per heavy atom. The Kier molecular flexibility index (Phi) is 20.9. The fourth-order valence-corrected chi connectivity index (χ4v) is 9.76. The van der Waals surface area contributed by atoms with E-state index in [1.165, 1.54) is 45.9 Å². The Hall–Kier alpha value is -5.96. The molecule has 0 aliphatic carbocycles. The smallest absolute Gasteiger partial charge is 0.303 e. The van der Waals surface area contributed by atoms with Crippen LogP contribution in [0.1, 0.15) is 80.0 Å². The third-order valence-corrected chi connectivity index (χ3v) is 13.4. The van der Waals surface area contributed by atoms with E-state index in [1.807, 2.05) is 0 Å². The number of carbonyl (C=O) groups excluding carboxylic acids is 10. The summed E-state index contributed by atoms with van der Waals surface area (Å²) in [4.78, 5) is 125. The lowest BCUT2D eigenvalue weighted by molar-refractivity contribution is -0.323. The molecular weight excluding hydrogens is 1110 g/mol. The fraction of sp³-hybridized carbons (Fsp3) is 0.640. The van der Waals surface area contributed by atoms with Gasteiger partial charge in [-0.25, -0.2) is 0 Å². The van der Waals surface area contributed by atoms with E-state index < -0.39 is 240 Å². The van der Waals surface area contributed by atoms with Gasteiger partial charge < -0.3 is 85.3 Å². The van der Waals surface area contributed by atoms with Crippen molar-refractivity contribution in [3.8, 4) is 0 Å². The summed E-state index contributed by atoms with van der Waals surface area (Å²) in [5.41, 5.74) is 0. The molecule has 0 aromatic rings. The minimum absolute atomic E-state index is 0.0523. The number of carbonyl (C=O) groups is 10. The second kappa shape index (κ2) is 31.3. The minimum Gasteiger partial charge on any atom is -0.463 e. The van der Waals surface area contributed by atoms with Crippen LogP contribution >= 0.6 is 21.6 Å². The summed E-state index contributed by atoms with van der Waals surface area (Å²) in [6.45, 7) is -7.71. The van der Waals surface area contributed by atoms with Crippen LogP contribution in [0, 0.1) is 0 Å². The standard InChI is InChI=1S/C50H64O28S2/c1-23(51)61-19-37-35(75-49-47(71-31(9)59)45(69-29(7)57)43(67-27(5)55)39(77-49)21-63-25(3)53)13-15-41(73-37)65-17-33-11-12-34(80-79-33)18-66-42-16-14-36(38(74-42)20-62-24(2)52)76-50-48(72-32(10)60)46(70-30(8)58)44(68-28(6)56)40(78-50)22-64-26(4)54/h11-16,35-50H,17-22H2,1-10H3/t35-,36-,37+,38+,39+,40+,41-,42-,43+,44+,45-,46-,47+,48+,49?,50?/m0/s1/i3D,4D,5D,6D,7D,8D,9D,10D. The third-order valence-electron chi connectivity index (χ3n) is 10.8. The first-order valence-electron chi connectivity index (χ1n) is 29.2. The highest BCUT2D eigenvalue weighted by Gasteiger charge is 2.55. The second-order valence-corrected chi connectivity index (χ2v) is 19.3. The van der Waals surface area contributed by atoms with E-state index in [9.17, 15) is 47.9 Å². The van der Waals surface area contributed by atoms with Crippen molar-refractivity contribution in [1.82, 2.24) is 0 Å². The maximum absolute atomic E-state index is 12.7. The average Bonchev–Trinajstić information content (AvgIpc) is 3.68. The first-order chi connectivity index (χ1) is 42.1. The van der Waals surface area contributed by atoms with Gasteiger partial charge in [0.1, 0.15) is 63.1 Å². The summed E-state index contributed by atoms with van der Waals surface area (Å²) in [7, 11) is 2.56. The summed E-state index contributed by atoms with van der Waals surface area (Å²) < 4.78 is 162. The van der Waals surface area contributed by atoms with E-state index in [0.717, 1.165) is 13.8 Å². The highest BCUT2D eigenvalue weighted by molar-refractivity contribution is 8.79. The van der Waals surface area contributed by atoms with E-state index >= 15 is 0 Å². The summed E-state index contributed by atoms with van der Waals surface area (Å²) in [6, 6.07) is 0. The molecule has 5 aliphatic rings. The molecule has 80 heavy (non-hydrogen) atoms. The SMILES string of the molecule is [2H]CC(=O)OC[C@H]1OC(O[C@H]2C=C[C@@H](OCC3=CC=C(CO[C@@H]4C=C[C@H](OC5O[C@H](COC(=O)C[2H])[C@@H](OC(=O)C[2H])[C@H](OC(=O)C[2H])[C@H]5OC(=O)C[2H])[C@@H](COC(C)=O)O4)SS3)O[C@@H]2COC(C)=O)[C@H](OC(=O)C[2H])[C@@H](OC(=O)C[2H])[C@@H]1OC(=O)C[2H]. The number of hydrogen-bond donors (Lipinski definition) is 0. The number of rotatable bonds is 24. The van der Waals surface area contributed by atoms with Crippen LogP contribution < -0.4 is 0 Å². The van der Waals surface area contributed by atoms with Crippen molar-refractivity contribution in [1.29, 1.82) is 0 Å². The van der Waals surface area contributed by atoms with Gasteiger partial charge in [-0.1, -0.05) is 33.7 Å². The van der Waals surface area contributed by atoms with Crippen LogP contribution in [-0.2, 0) is 133 Å². The van der Waals surface area contributed by atoms with Crippen LogP contribution in [0.2, 0.25) is 0 Å². The first kappa shape index (κ1) is 53.4. The van der Waals surface area contributed by atoms with Crippen LogP contribution in [0.3, 0.4) is 0 Å². The molecule has 30 heteroatoms. The van der Waals surface area contributed by atoms with Gasteiger partial charge in [-0.15, -0.1) is 0 Å². The summed E-state index contributed by atoms with van der Waals surface area (Å²) in [5.74, 6) is -10.7. The lowest BCUT2D eigenvalue weighted by Crippen LogP contribution is -2.63. The predicted octanol–water partition coefficient (Wildman–Crippen LogP) is 1.81. The quantitative estimate of drug-likeness (QED) is 0.0575. The molecule has 0 saturated carbocycles. The summed E-state index contributed by atoms with van der Waals surface area (Å²) >= 11 is 0. The van der Waals surface area contributed by atoms with Crippen LogP contribution in [0.4, 0.5) is 0 Å². The van der Waals surface area contributed by atoms with Crippen molar-refractivity contribution in [2.75, 3.05) is 39.6 Å². The molecule has 0 bridgehead atoms. The van der Waals surface area contributed by atoms with Crippen LogP contribution in [-0.4, -0.2) is 198 Å². The highest BCUT2D eigenvalue weighted by atomic mass is 33.1. The minimum atomic E-state index is -1.85. The van der Waals surface area contributed by atoms with Crippen LogP contribution in [0.25, 0.3) is 0 Å². The second-order valence-electron chi connectivity index (χ2n) is 16.9. The van der Waals surface area contributed by atoms with Gasteiger partial charge in [0.2, 0.25) is 0 Å². The molecule has 0 spiro atoms. The van der Waals surface area contributed by atoms with Crippen molar-refractivity contribution < 1.29 is 144 Å². The zero-order valence-electron chi connectivity index (χ0n) is 50.8. The zero-order chi connectivity index (χ0) is 64.5. The molecule has 2 unspecified atom stereocenters. The van der Waals surface area contributed by atoms with Crippen LogP contribution in [0.5, 0.6) is 0 Å². The molecule has 0 aromatic carbocycles. The predicted molar refractivity (Wildman–Crippen MR) is 266 cm³/mol. The van der Waals surface area contributed by atoms with Crippen molar-refractivity contribution in [3.05, 3.63) is 46.3 Å². The van der Waals surface area contributed by atoms with Gasteiger partial charge in [0.05, 0.1) is 13.2 Å². The van der Waals surface area contributed by atoms with Crippen molar-refractivity contribution in [2.45, 2.75) is 167 Å². The highest BCUT2D eigenvalue weighted by Crippen LogP contribution is 2.41. The molecule has 2 saturated heterocycles. The molecule has 444 valence electrons. The van der Waals surface area contributed by atoms with Gasteiger partial charge in [0, 0.05) is 89.8 Å². The maximum Gasteiger partial charge on any atom is 0.303 e. The molecule has 5 heterocycles. The van der Waals surface area contributed by atoms with Gasteiger partial charge in [0.15, 0.2) is 61.8 Å². The van der Waals surface area contributed by atoms with Gasteiger partial charge in [-0.3, -0.25) is 47.9 Å². The van der Waals surface area contributed by atoms with E-state index in [0.29, 0.717) is 9.81 Å². The van der Waals surface area contributed by atoms with E-state index in [4.69, 9.17) is 96.2 Å². The molecule has 5 rings (SSSR count). The molecule has 5 aliphatic heterocycles. The van der Waals surface area contributed by atoms with Gasteiger partial charge >= 0.3 is 59.7 Å². The number of allylic oxidation sites excluding steroid dienone is 2. The fourth-order valence-electron chi connectivity index (χ4n) is 7.80. The van der Waals surface area contributed by atoms with Crippen molar-refractivity contribution in [3.63, 3.8) is 0 Å². The normalized spacial score (nSPS) is 32.2. The Morgan fingerprint density at radius 3 is 1.04 bits per heavy atom.